The smallest absolute Gasteiger partial charge is 0.213 e. The predicted molar refractivity (Wildman–Crippen MR) is 43.8 cm³/mol. The molecule has 0 aromatic carbocycles. The van der Waals surface area contributed by atoms with Crippen molar-refractivity contribution >= 4 is 0 Å². The van der Waals surface area contributed by atoms with Gasteiger partial charge in [-0.15, -0.1) is 0 Å². The Morgan fingerprint density at radius 2 is 2.31 bits per heavy atom. The first kappa shape index (κ1) is 10.1. The first-order chi connectivity index (χ1) is 6.36. The van der Waals surface area contributed by atoms with Crippen LogP contribution in [0, 0.1) is 0 Å². The Balaban J connectivity index is 2.13. The molecule has 0 aliphatic heterocycles. The average Bonchev–Trinajstić information content (AvgIpc) is 2.65. The highest BCUT2D eigenvalue weighted by Crippen LogP contribution is 1.90. The first-order valence-electron chi connectivity index (χ1n) is 3.88. The zero-order valence-electron chi connectivity index (χ0n) is 7.69. The van der Waals surface area contributed by atoms with Crippen molar-refractivity contribution in [3.8, 4) is 0 Å². The van der Waals surface area contributed by atoms with E-state index in [1.807, 2.05) is 0 Å². The number of hydrogen-bond donors (Lipinski definition) is 1. The Morgan fingerprint density at radius 1 is 1.54 bits per heavy atom. The summed E-state index contributed by atoms with van der Waals surface area (Å²) >= 11 is 0. The predicted octanol–water partition coefficient (Wildman–Crippen LogP) is -0.222. The molecule has 1 aromatic rings. The molecule has 13 heavy (non-hydrogen) atoms. The van der Waals surface area contributed by atoms with Crippen molar-refractivity contribution in [3.63, 3.8) is 0 Å². The molecule has 0 saturated heterocycles. The molecule has 0 aliphatic carbocycles. The van der Waals surface area contributed by atoms with Gasteiger partial charge in [0, 0.05) is 20.8 Å². The topological polar surface area (TPSA) is 69.4 Å². The van der Waals surface area contributed by atoms with Crippen LogP contribution in [-0.2, 0) is 16.0 Å². The van der Waals surface area contributed by atoms with E-state index < -0.39 is 0 Å². The molecule has 0 unspecified atom stereocenters. The molecule has 1 rings (SSSR count). The summed E-state index contributed by atoms with van der Waals surface area (Å²) in [6.07, 6.45) is 1.05. The molecule has 0 atom stereocenters. The largest absolute Gasteiger partial charge is 0.355 e. The first-order valence-corrected chi connectivity index (χ1v) is 3.88. The highest BCUT2D eigenvalue weighted by molar-refractivity contribution is 4.75. The quantitative estimate of drug-likeness (QED) is 0.621. The van der Waals surface area contributed by atoms with Crippen LogP contribution in [-0.4, -0.2) is 37.2 Å². The zero-order chi connectivity index (χ0) is 9.52. The summed E-state index contributed by atoms with van der Waals surface area (Å²) in [4.78, 5) is 3.84. The second-order valence-electron chi connectivity index (χ2n) is 2.38. The summed E-state index contributed by atoms with van der Waals surface area (Å²) < 4.78 is 14.5. The lowest BCUT2D eigenvalue weighted by Gasteiger charge is -2.12. The van der Waals surface area contributed by atoms with Gasteiger partial charge in [-0.2, -0.15) is 4.98 Å². The van der Waals surface area contributed by atoms with E-state index in [1.165, 1.54) is 6.39 Å². The SMILES string of the molecule is COC(CNCc1ncon1)OC. The van der Waals surface area contributed by atoms with Gasteiger partial charge in [0.2, 0.25) is 6.39 Å². The molecule has 0 aliphatic rings. The Hall–Kier alpha value is -0.980. The maximum atomic E-state index is 4.97. The van der Waals surface area contributed by atoms with Crippen molar-refractivity contribution < 1.29 is 14.0 Å². The minimum atomic E-state index is -0.244. The van der Waals surface area contributed by atoms with E-state index in [0.717, 1.165) is 0 Å². The molecule has 0 amide bonds. The Morgan fingerprint density at radius 3 is 2.85 bits per heavy atom. The number of nitrogens with zero attached hydrogens (tertiary/aromatic N) is 2. The highest BCUT2D eigenvalue weighted by atomic mass is 16.7. The number of ether oxygens (including phenoxy) is 2. The molecular weight excluding hydrogens is 174 g/mol. The number of rotatable bonds is 6. The molecule has 0 bridgehead atoms. The third kappa shape index (κ3) is 3.49. The third-order valence-corrected chi connectivity index (χ3v) is 1.53. The summed E-state index contributed by atoms with van der Waals surface area (Å²) in [7, 11) is 3.17. The van der Waals surface area contributed by atoms with Crippen LogP contribution >= 0.6 is 0 Å². The number of aromatic nitrogens is 2. The molecule has 1 N–H and O–H groups in total. The lowest BCUT2D eigenvalue weighted by molar-refractivity contribution is -0.0989. The van der Waals surface area contributed by atoms with Crippen LogP contribution in [0.1, 0.15) is 5.82 Å². The van der Waals surface area contributed by atoms with Crippen molar-refractivity contribution in [2.45, 2.75) is 12.8 Å². The van der Waals surface area contributed by atoms with Gasteiger partial charge in [0.25, 0.3) is 0 Å². The Bertz CT molecular complexity index is 211. The molecule has 6 heteroatoms. The van der Waals surface area contributed by atoms with Crippen LogP contribution in [0.4, 0.5) is 0 Å². The second-order valence-corrected chi connectivity index (χ2v) is 2.38. The molecule has 74 valence electrons. The lowest BCUT2D eigenvalue weighted by atomic mass is 10.5. The summed E-state index contributed by atoms with van der Waals surface area (Å²) in [6, 6.07) is 0. The molecular formula is C7H13N3O3. The fourth-order valence-corrected chi connectivity index (χ4v) is 0.835. The zero-order valence-corrected chi connectivity index (χ0v) is 7.69. The standard InChI is InChI=1S/C7H13N3O3/c1-11-7(12-2)4-8-3-6-9-5-13-10-6/h5,7-8H,3-4H2,1-2H3. The number of methoxy groups -OCH3 is 2. The van der Waals surface area contributed by atoms with Crippen molar-refractivity contribution in [1.82, 2.24) is 15.5 Å². The third-order valence-electron chi connectivity index (χ3n) is 1.53. The normalized spacial score (nSPS) is 11.0. The van der Waals surface area contributed by atoms with Gasteiger partial charge >= 0.3 is 0 Å². The van der Waals surface area contributed by atoms with Crippen LogP contribution in [0.15, 0.2) is 10.9 Å². The van der Waals surface area contributed by atoms with Gasteiger partial charge < -0.3 is 19.3 Å². The van der Waals surface area contributed by atoms with Crippen LogP contribution in [0.5, 0.6) is 0 Å². The molecule has 1 heterocycles. The van der Waals surface area contributed by atoms with Crippen LogP contribution < -0.4 is 5.32 Å². The van der Waals surface area contributed by atoms with E-state index in [0.29, 0.717) is 18.9 Å². The fourth-order valence-electron chi connectivity index (χ4n) is 0.835. The monoisotopic (exact) mass is 187 g/mol. The molecule has 0 spiro atoms. The van der Waals surface area contributed by atoms with Crippen LogP contribution in [0.2, 0.25) is 0 Å². The van der Waals surface area contributed by atoms with Gasteiger partial charge in [0.1, 0.15) is 0 Å². The molecule has 6 nitrogen and oxygen atoms in total. The second kappa shape index (κ2) is 5.63. The van der Waals surface area contributed by atoms with E-state index in [4.69, 9.17) is 9.47 Å². The summed E-state index contributed by atoms with van der Waals surface area (Å²) in [5.41, 5.74) is 0. The van der Waals surface area contributed by atoms with Gasteiger partial charge in [0.05, 0.1) is 6.54 Å². The summed E-state index contributed by atoms with van der Waals surface area (Å²) in [5, 5.41) is 6.69. The number of hydrogen-bond acceptors (Lipinski definition) is 6. The lowest BCUT2D eigenvalue weighted by Crippen LogP contribution is -2.29. The highest BCUT2D eigenvalue weighted by Gasteiger charge is 2.04. The van der Waals surface area contributed by atoms with Gasteiger partial charge in [-0.25, -0.2) is 0 Å². The van der Waals surface area contributed by atoms with E-state index in [-0.39, 0.29) is 6.29 Å². The van der Waals surface area contributed by atoms with Crippen molar-refractivity contribution in [1.29, 1.82) is 0 Å². The number of nitrogens with one attached hydrogen (secondary N) is 1. The van der Waals surface area contributed by atoms with Gasteiger partial charge in [0.15, 0.2) is 12.1 Å². The van der Waals surface area contributed by atoms with Crippen molar-refractivity contribution in [2.24, 2.45) is 0 Å². The van der Waals surface area contributed by atoms with E-state index in [9.17, 15) is 0 Å². The van der Waals surface area contributed by atoms with Crippen molar-refractivity contribution in [2.75, 3.05) is 20.8 Å². The fraction of sp³-hybridized carbons (Fsp3) is 0.714. The van der Waals surface area contributed by atoms with Gasteiger partial charge in [-0.3, -0.25) is 0 Å². The minimum absolute atomic E-state index is 0.244. The molecule has 0 radical (unpaired) electrons. The Kier molecular flexibility index (Phi) is 4.37. The van der Waals surface area contributed by atoms with Gasteiger partial charge in [-0.1, -0.05) is 5.16 Å². The maximum Gasteiger partial charge on any atom is 0.213 e. The van der Waals surface area contributed by atoms with Crippen molar-refractivity contribution in [3.05, 3.63) is 12.2 Å². The maximum absolute atomic E-state index is 4.97. The van der Waals surface area contributed by atoms with Gasteiger partial charge in [-0.05, 0) is 0 Å². The van der Waals surface area contributed by atoms with E-state index in [2.05, 4.69) is 20.0 Å². The summed E-state index contributed by atoms with van der Waals surface area (Å²) in [5.74, 6) is 0.617. The van der Waals surface area contributed by atoms with Crippen LogP contribution in [0.25, 0.3) is 0 Å². The Labute approximate surface area is 76.2 Å². The molecule has 0 saturated carbocycles. The molecule has 1 aromatic heterocycles. The summed E-state index contributed by atoms with van der Waals surface area (Å²) in [6.45, 7) is 1.13. The molecule has 0 fully saturated rings. The minimum Gasteiger partial charge on any atom is -0.355 e. The van der Waals surface area contributed by atoms with E-state index >= 15 is 0 Å². The average molecular weight is 187 g/mol. The van der Waals surface area contributed by atoms with Crippen LogP contribution in [0.3, 0.4) is 0 Å². The van der Waals surface area contributed by atoms with E-state index in [1.54, 1.807) is 14.2 Å².